The number of hydrogen-bond acceptors (Lipinski definition) is 6. The predicted octanol–water partition coefficient (Wildman–Crippen LogP) is 3.73. The number of aromatic nitrogens is 1. The second-order valence-electron chi connectivity index (χ2n) is 9.31. The summed E-state index contributed by atoms with van der Waals surface area (Å²) in [4.78, 5) is 30.9. The molecular weight excluding hydrogens is 479 g/mol. The lowest BCUT2D eigenvalue weighted by Gasteiger charge is -2.36. The van der Waals surface area contributed by atoms with Gasteiger partial charge >= 0.3 is 5.97 Å². The van der Waals surface area contributed by atoms with Gasteiger partial charge in [0.25, 0.3) is 0 Å². The number of carboxylic acids is 1. The number of piperazine rings is 1. The maximum absolute atomic E-state index is 15.1. The monoisotopic (exact) mass is 510 g/mol. The van der Waals surface area contributed by atoms with Gasteiger partial charge in [-0.15, -0.1) is 0 Å². The molecule has 2 saturated heterocycles. The van der Waals surface area contributed by atoms with Crippen molar-refractivity contribution in [3.05, 3.63) is 69.8 Å². The maximum atomic E-state index is 15.1. The third-order valence-electron chi connectivity index (χ3n) is 7.15. The van der Waals surface area contributed by atoms with Crippen molar-refractivity contribution in [1.29, 1.82) is 0 Å². The molecule has 2 aliphatic heterocycles. The fourth-order valence-corrected chi connectivity index (χ4v) is 6.00. The van der Waals surface area contributed by atoms with Crippen LogP contribution < -0.4 is 15.2 Å². The molecule has 3 aromatic rings. The highest BCUT2D eigenvalue weighted by Gasteiger charge is 2.23. The maximum Gasteiger partial charge on any atom is 0.341 e. The van der Waals surface area contributed by atoms with Crippen molar-refractivity contribution < 1.29 is 14.3 Å². The van der Waals surface area contributed by atoms with Gasteiger partial charge in [-0.3, -0.25) is 9.69 Å². The number of carboxylic acid groups (broad SMARTS) is 1. The number of benzene rings is 2. The zero-order chi connectivity index (χ0) is 25.2. The lowest BCUT2D eigenvalue weighted by atomic mass is 10.1. The molecule has 7 nitrogen and oxygen atoms in total. The van der Waals surface area contributed by atoms with Gasteiger partial charge in [0.15, 0.2) is 0 Å². The first-order valence-electron chi connectivity index (χ1n) is 12.4. The van der Waals surface area contributed by atoms with Crippen LogP contribution in [0, 0.1) is 5.82 Å². The van der Waals surface area contributed by atoms with Crippen LogP contribution in [0.2, 0.25) is 0 Å². The van der Waals surface area contributed by atoms with Gasteiger partial charge in [-0.25, -0.2) is 9.18 Å². The van der Waals surface area contributed by atoms with Crippen LogP contribution in [0.5, 0.6) is 0 Å². The minimum absolute atomic E-state index is 0.100. The molecule has 2 aromatic carbocycles. The summed E-state index contributed by atoms with van der Waals surface area (Å²) in [7, 11) is 0. The van der Waals surface area contributed by atoms with E-state index in [1.807, 2.05) is 23.6 Å². The van der Waals surface area contributed by atoms with E-state index in [0.717, 1.165) is 32.7 Å². The normalized spacial score (nSPS) is 17.1. The molecule has 3 heterocycles. The number of aryl methyl sites for hydroxylation is 1. The number of anilines is 2. The van der Waals surface area contributed by atoms with Crippen molar-refractivity contribution in [2.24, 2.45) is 0 Å². The third-order valence-corrected chi connectivity index (χ3v) is 8.09. The molecule has 190 valence electrons. The predicted molar refractivity (Wildman–Crippen MR) is 144 cm³/mol. The summed E-state index contributed by atoms with van der Waals surface area (Å²) >= 11 is 2.01. The Labute approximate surface area is 214 Å². The number of aromatic carboxylic acids is 1. The summed E-state index contributed by atoms with van der Waals surface area (Å²) in [5.41, 5.74) is 2.58. The van der Waals surface area contributed by atoms with Gasteiger partial charge in [-0.1, -0.05) is 12.1 Å². The van der Waals surface area contributed by atoms with Crippen LogP contribution in [0.25, 0.3) is 10.9 Å². The van der Waals surface area contributed by atoms with E-state index in [1.54, 1.807) is 10.6 Å². The number of hydrogen-bond donors (Lipinski definition) is 1. The molecule has 0 bridgehead atoms. The van der Waals surface area contributed by atoms with E-state index in [9.17, 15) is 14.7 Å². The number of nitrogens with zero attached hydrogens (tertiary/aromatic N) is 4. The second-order valence-corrected chi connectivity index (χ2v) is 10.5. The summed E-state index contributed by atoms with van der Waals surface area (Å²) < 4.78 is 16.8. The molecule has 9 heteroatoms. The van der Waals surface area contributed by atoms with Crippen molar-refractivity contribution >= 4 is 40.0 Å². The second kappa shape index (κ2) is 10.5. The zero-order valence-electron chi connectivity index (χ0n) is 20.5. The highest BCUT2D eigenvalue weighted by Crippen LogP contribution is 2.27. The first-order chi connectivity index (χ1) is 17.4. The van der Waals surface area contributed by atoms with Crippen LogP contribution in [-0.4, -0.2) is 71.3 Å². The molecule has 0 unspecified atom stereocenters. The van der Waals surface area contributed by atoms with Gasteiger partial charge in [0, 0.05) is 81.1 Å². The Morgan fingerprint density at radius 2 is 1.69 bits per heavy atom. The van der Waals surface area contributed by atoms with E-state index in [-0.39, 0.29) is 10.9 Å². The molecule has 1 N–H and O–H groups in total. The fraction of sp³-hybridized carbons (Fsp3) is 0.407. The van der Waals surface area contributed by atoms with Crippen LogP contribution in [0.1, 0.15) is 22.8 Å². The number of carbonyl (C=O) groups is 1. The number of pyridine rings is 1. The first-order valence-corrected chi connectivity index (χ1v) is 13.6. The van der Waals surface area contributed by atoms with Crippen molar-refractivity contribution in [2.45, 2.75) is 20.0 Å². The molecule has 1 aromatic heterocycles. The van der Waals surface area contributed by atoms with E-state index in [2.05, 4.69) is 34.1 Å². The molecule has 2 fully saturated rings. The number of halogens is 1. The Hall–Kier alpha value is -3.04. The Kier molecular flexibility index (Phi) is 7.20. The molecule has 5 rings (SSSR count). The summed E-state index contributed by atoms with van der Waals surface area (Å²) in [5, 5.41) is 9.45. The average Bonchev–Trinajstić information content (AvgIpc) is 2.90. The van der Waals surface area contributed by atoms with Crippen molar-refractivity contribution in [3.63, 3.8) is 0 Å². The minimum atomic E-state index is -1.30. The Bertz CT molecular complexity index is 1310. The summed E-state index contributed by atoms with van der Waals surface area (Å²) in [6.07, 6.45) is 1.35. The fourth-order valence-electron chi connectivity index (χ4n) is 5.09. The first kappa shape index (κ1) is 24.6. The Morgan fingerprint density at radius 3 is 2.33 bits per heavy atom. The van der Waals surface area contributed by atoms with Gasteiger partial charge in [0.05, 0.1) is 11.2 Å². The topological polar surface area (TPSA) is 69.0 Å². The van der Waals surface area contributed by atoms with Crippen molar-refractivity contribution in [3.8, 4) is 0 Å². The highest BCUT2D eigenvalue weighted by molar-refractivity contribution is 7.99. The van der Waals surface area contributed by atoms with Gasteiger partial charge in [-0.2, -0.15) is 11.8 Å². The third kappa shape index (κ3) is 4.95. The van der Waals surface area contributed by atoms with Gasteiger partial charge in [0.1, 0.15) is 11.4 Å². The minimum Gasteiger partial charge on any atom is -0.477 e. The Morgan fingerprint density at radius 1 is 1.00 bits per heavy atom. The van der Waals surface area contributed by atoms with E-state index in [1.165, 1.54) is 35.0 Å². The van der Waals surface area contributed by atoms with Gasteiger partial charge < -0.3 is 19.5 Å². The Balaban J connectivity index is 1.28. The van der Waals surface area contributed by atoms with Crippen molar-refractivity contribution in [1.82, 2.24) is 9.47 Å². The van der Waals surface area contributed by atoms with Crippen LogP contribution in [0.3, 0.4) is 0 Å². The van der Waals surface area contributed by atoms with Crippen molar-refractivity contribution in [2.75, 3.05) is 60.6 Å². The van der Waals surface area contributed by atoms with Crippen LogP contribution >= 0.6 is 11.8 Å². The number of thioether (sulfide) groups is 1. The van der Waals surface area contributed by atoms with Gasteiger partial charge in [-0.05, 0) is 36.8 Å². The van der Waals surface area contributed by atoms with E-state index in [4.69, 9.17) is 0 Å². The number of rotatable bonds is 6. The smallest absolute Gasteiger partial charge is 0.341 e. The van der Waals surface area contributed by atoms with E-state index < -0.39 is 17.2 Å². The summed E-state index contributed by atoms with van der Waals surface area (Å²) in [5.74, 6) is 0.572. The van der Waals surface area contributed by atoms with E-state index >= 15 is 4.39 Å². The van der Waals surface area contributed by atoms with Gasteiger partial charge in [0.2, 0.25) is 5.43 Å². The van der Waals surface area contributed by atoms with Crippen LogP contribution in [-0.2, 0) is 13.1 Å². The average molecular weight is 511 g/mol. The lowest BCUT2D eigenvalue weighted by molar-refractivity contribution is 0.0695. The van der Waals surface area contributed by atoms with Crippen LogP contribution in [0.4, 0.5) is 15.8 Å². The molecule has 0 radical (unpaired) electrons. The number of fused-ring (bicyclic) bond motifs is 1. The molecule has 36 heavy (non-hydrogen) atoms. The summed E-state index contributed by atoms with van der Waals surface area (Å²) in [6, 6.07) is 11.7. The van der Waals surface area contributed by atoms with E-state index in [0.29, 0.717) is 30.8 Å². The molecule has 0 atom stereocenters. The molecule has 0 saturated carbocycles. The molecular formula is C27H31FN4O3S. The highest BCUT2D eigenvalue weighted by atomic mass is 32.2. The largest absolute Gasteiger partial charge is 0.477 e. The SMILES string of the molecule is CCn1cc(C(=O)O)c(=O)c2cc(F)c(N3CCN(Cc4ccc(N5CCSCC5)cc4)CC3)cc21. The molecule has 0 amide bonds. The molecule has 0 spiro atoms. The standard InChI is InChI=1S/C27H31FN4O3S/c1-2-30-18-22(27(34)35)26(33)21-15-23(28)25(16-24(21)30)32-9-7-29(8-10-32)17-19-3-5-20(6-4-19)31-11-13-36-14-12-31/h3-6,15-16,18H,2,7-14,17H2,1H3,(H,34,35). The lowest BCUT2D eigenvalue weighted by Crippen LogP contribution is -2.46. The molecule has 0 aliphatic carbocycles. The summed E-state index contributed by atoms with van der Waals surface area (Å²) in [6.45, 7) is 8.38. The zero-order valence-corrected chi connectivity index (χ0v) is 21.3. The quantitative estimate of drug-likeness (QED) is 0.542. The molecule has 2 aliphatic rings. The van der Waals surface area contributed by atoms with Crippen LogP contribution in [0.15, 0.2) is 47.4 Å².